The zero-order chi connectivity index (χ0) is 9.80. The fourth-order valence-corrected chi connectivity index (χ4v) is 1.08. The molecule has 1 aromatic heterocycles. The van der Waals surface area contributed by atoms with Crippen LogP contribution < -0.4 is 5.32 Å². The molecule has 14 heavy (non-hydrogen) atoms. The summed E-state index contributed by atoms with van der Waals surface area (Å²) in [5.74, 6) is 0.798. The summed E-state index contributed by atoms with van der Waals surface area (Å²) in [6.07, 6.45) is 4.77. The molecule has 4 heteroatoms. The molecule has 4 nitrogen and oxygen atoms in total. The van der Waals surface area contributed by atoms with E-state index in [1.54, 1.807) is 36.8 Å². The Kier molecular flexibility index (Phi) is 2.27. The molecule has 2 aromatic rings. The average Bonchev–Trinajstić information content (AvgIpc) is 2.23. The van der Waals surface area contributed by atoms with Crippen molar-refractivity contribution in [3.8, 4) is 5.75 Å². The van der Waals surface area contributed by atoms with Crippen molar-refractivity contribution in [1.82, 2.24) is 9.97 Å². The maximum atomic E-state index is 9.46. The lowest BCUT2D eigenvalue weighted by Gasteiger charge is -2.05. The summed E-state index contributed by atoms with van der Waals surface area (Å²) < 4.78 is 0. The summed E-state index contributed by atoms with van der Waals surface area (Å²) in [5, 5.41) is 12.4. The van der Waals surface area contributed by atoms with Gasteiger partial charge in [0.1, 0.15) is 11.6 Å². The third-order valence-electron chi connectivity index (χ3n) is 1.73. The van der Waals surface area contributed by atoms with Gasteiger partial charge in [-0.15, -0.1) is 0 Å². The van der Waals surface area contributed by atoms with E-state index in [-0.39, 0.29) is 5.75 Å². The van der Waals surface area contributed by atoms with E-state index in [1.165, 1.54) is 0 Å². The van der Waals surface area contributed by atoms with E-state index in [2.05, 4.69) is 15.3 Å². The molecule has 0 fully saturated rings. The van der Waals surface area contributed by atoms with Crippen molar-refractivity contribution in [3.05, 3.63) is 42.9 Å². The number of para-hydroxylation sites is 2. The first kappa shape index (κ1) is 8.50. The molecule has 2 N–H and O–H groups in total. The highest BCUT2D eigenvalue weighted by molar-refractivity contribution is 5.62. The Labute approximate surface area is 81.3 Å². The zero-order valence-electron chi connectivity index (χ0n) is 7.38. The zero-order valence-corrected chi connectivity index (χ0v) is 7.38. The molecule has 0 bridgehead atoms. The molecule has 0 spiro atoms. The van der Waals surface area contributed by atoms with E-state index < -0.39 is 0 Å². The minimum atomic E-state index is 0.193. The van der Waals surface area contributed by atoms with Gasteiger partial charge in [0.05, 0.1) is 11.9 Å². The number of phenols is 1. The van der Waals surface area contributed by atoms with Crippen molar-refractivity contribution >= 4 is 11.5 Å². The van der Waals surface area contributed by atoms with E-state index >= 15 is 0 Å². The third kappa shape index (κ3) is 1.80. The van der Waals surface area contributed by atoms with Crippen molar-refractivity contribution in [2.75, 3.05) is 5.32 Å². The lowest BCUT2D eigenvalue weighted by Crippen LogP contribution is -1.93. The number of nitrogens with zero attached hydrogens (tertiary/aromatic N) is 2. The summed E-state index contributed by atoms with van der Waals surface area (Å²) in [5.41, 5.74) is 0.619. The summed E-state index contributed by atoms with van der Waals surface area (Å²) in [6.45, 7) is 0. The number of rotatable bonds is 2. The third-order valence-corrected chi connectivity index (χ3v) is 1.73. The Hall–Kier alpha value is -2.10. The van der Waals surface area contributed by atoms with Crippen molar-refractivity contribution in [2.45, 2.75) is 0 Å². The van der Waals surface area contributed by atoms with Crippen molar-refractivity contribution < 1.29 is 5.11 Å². The number of aromatic nitrogens is 2. The van der Waals surface area contributed by atoms with Crippen LogP contribution in [0, 0.1) is 0 Å². The molecular weight excluding hydrogens is 178 g/mol. The fraction of sp³-hybridized carbons (Fsp3) is 0. The minimum Gasteiger partial charge on any atom is -0.506 e. The van der Waals surface area contributed by atoms with Crippen LogP contribution in [0.3, 0.4) is 0 Å². The number of aromatic hydroxyl groups is 1. The number of anilines is 2. The maximum Gasteiger partial charge on any atom is 0.148 e. The first-order chi connectivity index (χ1) is 6.86. The molecule has 70 valence electrons. The molecule has 1 aromatic carbocycles. The quantitative estimate of drug-likeness (QED) is 0.705. The number of hydrogen-bond acceptors (Lipinski definition) is 4. The first-order valence-electron chi connectivity index (χ1n) is 4.17. The predicted octanol–water partition coefficient (Wildman–Crippen LogP) is 1.93. The van der Waals surface area contributed by atoms with Gasteiger partial charge in [-0.05, 0) is 12.1 Å². The van der Waals surface area contributed by atoms with Crippen LogP contribution in [0.15, 0.2) is 42.9 Å². The highest BCUT2D eigenvalue weighted by Crippen LogP contribution is 2.24. The number of benzene rings is 1. The lowest BCUT2D eigenvalue weighted by molar-refractivity contribution is 0.477. The predicted molar refractivity (Wildman–Crippen MR) is 53.4 cm³/mol. The molecule has 0 aliphatic rings. The Morgan fingerprint density at radius 1 is 1.14 bits per heavy atom. The van der Waals surface area contributed by atoms with Gasteiger partial charge in [0, 0.05) is 12.4 Å². The number of phenolic OH excluding ortho intramolecular Hbond substituents is 1. The van der Waals surface area contributed by atoms with Crippen LogP contribution in [-0.2, 0) is 0 Å². The van der Waals surface area contributed by atoms with Crippen LogP contribution in [0.2, 0.25) is 0 Å². The summed E-state index contributed by atoms with van der Waals surface area (Å²) in [7, 11) is 0. The van der Waals surface area contributed by atoms with Gasteiger partial charge in [-0.2, -0.15) is 0 Å². The minimum absolute atomic E-state index is 0.193. The normalized spacial score (nSPS) is 9.71. The van der Waals surface area contributed by atoms with Crippen molar-refractivity contribution in [2.24, 2.45) is 0 Å². The van der Waals surface area contributed by atoms with Crippen molar-refractivity contribution in [3.63, 3.8) is 0 Å². The van der Waals surface area contributed by atoms with Gasteiger partial charge in [0.2, 0.25) is 0 Å². The molecule has 0 atom stereocenters. The fourth-order valence-electron chi connectivity index (χ4n) is 1.08. The topological polar surface area (TPSA) is 58.0 Å². The number of hydrogen-bond donors (Lipinski definition) is 2. The number of nitrogens with one attached hydrogen (secondary N) is 1. The lowest BCUT2D eigenvalue weighted by atomic mass is 10.3. The Morgan fingerprint density at radius 2 is 2.00 bits per heavy atom. The van der Waals surface area contributed by atoms with Gasteiger partial charge in [0.25, 0.3) is 0 Å². The molecule has 0 unspecified atom stereocenters. The second-order valence-electron chi connectivity index (χ2n) is 2.73. The summed E-state index contributed by atoms with van der Waals surface area (Å²) >= 11 is 0. The Morgan fingerprint density at radius 3 is 2.71 bits per heavy atom. The molecule has 0 saturated carbocycles. The van der Waals surface area contributed by atoms with Gasteiger partial charge < -0.3 is 10.4 Å². The standard InChI is InChI=1S/C10H9N3O/c14-9-4-2-1-3-8(9)13-10-7-11-5-6-12-10/h1-7,14H,(H,12,13). The Bertz CT molecular complexity index is 417. The van der Waals surface area contributed by atoms with E-state index in [9.17, 15) is 5.11 Å². The molecule has 0 radical (unpaired) electrons. The SMILES string of the molecule is Oc1ccccc1Nc1cnccn1. The molecule has 0 aliphatic carbocycles. The highest BCUT2D eigenvalue weighted by Gasteiger charge is 1.99. The monoisotopic (exact) mass is 187 g/mol. The van der Waals surface area contributed by atoms with Crippen LogP contribution in [-0.4, -0.2) is 15.1 Å². The van der Waals surface area contributed by atoms with E-state index in [4.69, 9.17) is 0 Å². The second kappa shape index (κ2) is 3.74. The van der Waals surface area contributed by atoms with Gasteiger partial charge in [-0.1, -0.05) is 12.1 Å². The Balaban J connectivity index is 2.24. The smallest absolute Gasteiger partial charge is 0.148 e. The van der Waals surface area contributed by atoms with Crippen molar-refractivity contribution in [1.29, 1.82) is 0 Å². The van der Waals surface area contributed by atoms with Crippen LogP contribution in [0.1, 0.15) is 0 Å². The van der Waals surface area contributed by atoms with E-state index in [1.807, 2.05) is 6.07 Å². The maximum absolute atomic E-state index is 9.46. The summed E-state index contributed by atoms with van der Waals surface area (Å²) in [4.78, 5) is 7.93. The van der Waals surface area contributed by atoms with Crippen LogP contribution in [0.4, 0.5) is 11.5 Å². The average molecular weight is 187 g/mol. The van der Waals surface area contributed by atoms with Crippen LogP contribution >= 0.6 is 0 Å². The van der Waals surface area contributed by atoms with E-state index in [0.717, 1.165) is 0 Å². The molecule has 0 amide bonds. The molecule has 0 aliphatic heterocycles. The van der Waals surface area contributed by atoms with Crippen LogP contribution in [0.5, 0.6) is 5.75 Å². The molecule has 2 rings (SSSR count). The second-order valence-corrected chi connectivity index (χ2v) is 2.73. The van der Waals surface area contributed by atoms with Gasteiger partial charge >= 0.3 is 0 Å². The van der Waals surface area contributed by atoms with Crippen LogP contribution in [0.25, 0.3) is 0 Å². The van der Waals surface area contributed by atoms with E-state index in [0.29, 0.717) is 11.5 Å². The first-order valence-corrected chi connectivity index (χ1v) is 4.17. The summed E-state index contributed by atoms with van der Waals surface area (Å²) in [6, 6.07) is 6.97. The van der Waals surface area contributed by atoms with Gasteiger partial charge in [-0.25, -0.2) is 4.98 Å². The largest absolute Gasteiger partial charge is 0.506 e. The highest BCUT2D eigenvalue weighted by atomic mass is 16.3. The van der Waals surface area contributed by atoms with Gasteiger partial charge in [-0.3, -0.25) is 4.98 Å². The molecule has 1 heterocycles. The molecular formula is C10H9N3O. The molecule has 0 saturated heterocycles. The van der Waals surface area contributed by atoms with Gasteiger partial charge in [0.15, 0.2) is 0 Å².